The number of pyridine rings is 1. The first-order valence-corrected chi connectivity index (χ1v) is 6.57. The van der Waals surface area contributed by atoms with Crippen molar-refractivity contribution in [2.75, 3.05) is 23.3 Å². The fourth-order valence-electron chi connectivity index (χ4n) is 2.21. The number of nitrogens with zero attached hydrogens (tertiary/aromatic N) is 4. The van der Waals surface area contributed by atoms with Gasteiger partial charge >= 0.3 is 0 Å². The first-order valence-electron chi connectivity index (χ1n) is 6.57. The summed E-state index contributed by atoms with van der Waals surface area (Å²) in [6.07, 6.45) is 6.51. The largest absolute Gasteiger partial charge is 0.349 e. The van der Waals surface area contributed by atoms with Crippen molar-refractivity contribution in [1.82, 2.24) is 15.0 Å². The normalized spacial score (nSPS) is 15.2. The van der Waals surface area contributed by atoms with Crippen LogP contribution in [0.5, 0.6) is 0 Å². The summed E-state index contributed by atoms with van der Waals surface area (Å²) in [5.41, 5.74) is 0.867. The average Bonchev–Trinajstić information content (AvgIpc) is 2.49. The molecular formula is C14H15N5O. The quantitative estimate of drug-likeness (QED) is 0.916. The Morgan fingerprint density at radius 2 is 2.25 bits per heavy atom. The van der Waals surface area contributed by atoms with Crippen molar-refractivity contribution in [3.63, 3.8) is 0 Å². The summed E-state index contributed by atoms with van der Waals surface area (Å²) < 4.78 is 0. The third kappa shape index (κ3) is 2.90. The number of Topliss-reactive ketones (excluding diaryl/α,β-unsaturated/α-hetero) is 1. The summed E-state index contributed by atoms with van der Waals surface area (Å²) in [4.78, 5) is 26.0. The van der Waals surface area contributed by atoms with Gasteiger partial charge in [-0.1, -0.05) is 0 Å². The minimum atomic E-state index is 0.261. The van der Waals surface area contributed by atoms with Gasteiger partial charge in [-0.25, -0.2) is 9.97 Å². The molecule has 0 radical (unpaired) electrons. The van der Waals surface area contributed by atoms with Crippen molar-refractivity contribution >= 4 is 23.1 Å². The van der Waals surface area contributed by atoms with E-state index in [1.165, 1.54) is 6.33 Å². The summed E-state index contributed by atoms with van der Waals surface area (Å²) in [6.45, 7) is 1.29. The lowest BCUT2D eigenvalue weighted by atomic mass is 10.1. The first-order chi connectivity index (χ1) is 9.81. The van der Waals surface area contributed by atoms with Crippen LogP contribution in [-0.4, -0.2) is 33.8 Å². The van der Waals surface area contributed by atoms with E-state index in [1.807, 2.05) is 23.1 Å². The van der Waals surface area contributed by atoms with Crippen LogP contribution < -0.4 is 10.2 Å². The summed E-state index contributed by atoms with van der Waals surface area (Å²) in [5.74, 6) is 1.73. The lowest BCUT2D eigenvalue weighted by Gasteiger charge is -2.26. The van der Waals surface area contributed by atoms with Gasteiger partial charge in [-0.3, -0.25) is 9.78 Å². The molecule has 1 aliphatic heterocycles. The minimum Gasteiger partial charge on any atom is -0.349 e. The average molecular weight is 269 g/mol. The highest BCUT2D eigenvalue weighted by atomic mass is 16.1. The van der Waals surface area contributed by atoms with E-state index in [2.05, 4.69) is 20.3 Å². The van der Waals surface area contributed by atoms with Crippen LogP contribution in [0.25, 0.3) is 0 Å². The smallest absolute Gasteiger partial charge is 0.152 e. The number of carbonyl (C=O) groups excluding carboxylic acids is 1. The number of hydrogen-bond donors (Lipinski definition) is 1. The molecule has 2 aromatic heterocycles. The van der Waals surface area contributed by atoms with Crippen molar-refractivity contribution in [3.8, 4) is 0 Å². The summed E-state index contributed by atoms with van der Waals surface area (Å²) >= 11 is 0. The van der Waals surface area contributed by atoms with E-state index >= 15 is 0 Å². The van der Waals surface area contributed by atoms with E-state index in [9.17, 15) is 4.79 Å². The highest BCUT2D eigenvalue weighted by Crippen LogP contribution is 2.20. The van der Waals surface area contributed by atoms with Crippen LogP contribution in [0.4, 0.5) is 17.3 Å². The van der Waals surface area contributed by atoms with Crippen LogP contribution in [0.3, 0.4) is 0 Å². The molecule has 6 heteroatoms. The van der Waals surface area contributed by atoms with E-state index in [0.29, 0.717) is 18.8 Å². The number of aromatic nitrogens is 3. The summed E-state index contributed by atoms with van der Waals surface area (Å²) in [7, 11) is 0. The standard InChI is InChI=1S/C14H15N5O/c20-12-4-2-6-19(9-12)14-7-13(16-10-17-14)18-11-3-1-5-15-8-11/h1,3,5,7-8,10H,2,4,6,9H2,(H,16,17,18). The Balaban J connectivity index is 1.77. The predicted molar refractivity (Wildman–Crippen MR) is 76.0 cm³/mol. The van der Waals surface area contributed by atoms with E-state index in [-0.39, 0.29) is 5.78 Å². The molecular weight excluding hydrogens is 254 g/mol. The SMILES string of the molecule is O=C1CCCN(c2cc(Nc3cccnc3)ncn2)C1. The van der Waals surface area contributed by atoms with E-state index in [1.54, 1.807) is 12.4 Å². The lowest BCUT2D eigenvalue weighted by Crippen LogP contribution is -2.36. The molecule has 3 rings (SSSR count). The molecule has 0 spiro atoms. The van der Waals surface area contributed by atoms with Gasteiger partial charge in [0, 0.05) is 25.2 Å². The number of hydrogen-bond acceptors (Lipinski definition) is 6. The third-order valence-electron chi connectivity index (χ3n) is 3.16. The Bertz CT molecular complexity index is 602. The van der Waals surface area contributed by atoms with Crippen LogP contribution in [-0.2, 0) is 4.79 Å². The van der Waals surface area contributed by atoms with Crippen LogP contribution >= 0.6 is 0 Å². The van der Waals surface area contributed by atoms with E-state index in [4.69, 9.17) is 0 Å². The van der Waals surface area contributed by atoms with Gasteiger partial charge in [0.15, 0.2) is 5.78 Å². The van der Waals surface area contributed by atoms with Gasteiger partial charge in [-0.2, -0.15) is 0 Å². The molecule has 1 aliphatic rings. The number of ketones is 1. The molecule has 2 aromatic rings. The molecule has 1 N–H and O–H groups in total. The lowest BCUT2D eigenvalue weighted by molar-refractivity contribution is -0.118. The molecule has 0 aliphatic carbocycles. The molecule has 0 unspecified atom stereocenters. The maximum atomic E-state index is 11.5. The molecule has 0 amide bonds. The van der Waals surface area contributed by atoms with Crippen LogP contribution in [0.15, 0.2) is 36.9 Å². The molecule has 0 saturated carbocycles. The van der Waals surface area contributed by atoms with Crippen molar-refractivity contribution < 1.29 is 4.79 Å². The Hall–Kier alpha value is -2.50. The number of rotatable bonds is 3. The van der Waals surface area contributed by atoms with Crippen molar-refractivity contribution in [2.24, 2.45) is 0 Å². The molecule has 0 bridgehead atoms. The van der Waals surface area contributed by atoms with E-state index in [0.717, 1.165) is 24.5 Å². The molecule has 20 heavy (non-hydrogen) atoms. The second-order valence-electron chi connectivity index (χ2n) is 4.69. The molecule has 102 valence electrons. The van der Waals surface area contributed by atoms with Crippen LogP contribution in [0, 0.1) is 0 Å². The Morgan fingerprint density at radius 3 is 3.05 bits per heavy atom. The maximum Gasteiger partial charge on any atom is 0.152 e. The second kappa shape index (κ2) is 5.64. The van der Waals surface area contributed by atoms with Gasteiger partial charge in [0.2, 0.25) is 0 Å². The highest BCUT2D eigenvalue weighted by molar-refractivity contribution is 5.84. The van der Waals surface area contributed by atoms with E-state index < -0.39 is 0 Å². The molecule has 1 saturated heterocycles. The second-order valence-corrected chi connectivity index (χ2v) is 4.69. The monoisotopic (exact) mass is 269 g/mol. The number of piperidine rings is 1. The number of carbonyl (C=O) groups is 1. The third-order valence-corrected chi connectivity index (χ3v) is 3.16. The summed E-state index contributed by atoms with van der Waals surface area (Å²) in [6, 6.07) is 5.62. The molecule has 6 nitrogen and oxygen atoms in total. The molecule has 3 heterocycles. The maximum absolute atomic E-state index is 11.5. The first kappa shape index (κ1) is 12.5. The molecule has 1 fully saturated rings. The van der Waals surface area contributed by atoms with Crippen molar-refractivity contribution in [1.29, 1.82) is 0 Å². The fourth-order valence-corrected chi connectivity index (χ4v) is 2.21. The Morgan fingerprint density at radius 1 is 1.30 bits per heavy atom. The zero-order chi connectivity index (χ0) is 13.8. The van der Waals surface area contributed by atoms with Crippen LogP contribution in [0.1, 0.15) is 12.8 Å². The Labute approximate surface area is 116 Å². The van der Waals surface area contributed by atoms with Gasteiger partial charge in [0.25, 0.3) is 0 Å². The Kier molecular flexibility index (Phi) is 3.54. The van der Waals surface area contributed by atoms with Gasteiger partial charge in [0.1, 0.15) is 18.0 Å². The summed E-state index contributed by atoms with van der Waals surface area (Å²) in [5, 5.41) is 3.17. The number of anilines is 3. The minimum absolute atomic E-state index is 0.261. The number of nitrogens with one attached hydrogen (secondary N) is 1. The zero-order valence-electron chi connectivity index (χ0n) is 11.0. The predicted octanol–water partition coefficient (Wildman–Crippen LogP) is 1.78. The van der Waals surface area contributed by atoms with Gasteiger partial charge in [-0.05, 0) is 18.6 Å². The highest BCUT2D eigenvalue weighted by Gasteiger charge is 2.18. The van der Waals surface area contributed by atoms with Crippen LogP contribution in [0.2, 0.25) is 0 Å². The molecule has 0 atom stereocenters. The van der Waals surface area contributed by atoms with Crippen molar-refractivity contribution in [3.05, 3.63) is 36.9 Å². The molecule has 0 aromatic carbocycles. The van der Waals surface area contributed by atoms with Gasteiger partial charge in [-0.15, -0.1) is 0 Å². The van der Waals surface area contributed by atoms with Gasteiger partial charge < -0.3 is 10.2 Å². The fraction of sp³-hybridized carbons (Fsp3) is 0.286. The zero-order valence-corrected chi connectivity index (χ0v) is 11.0. The van der Waals surface area contributed by atoms with Crippen molar-refractivity contribution in [2.45, 2.75) is 12.8 Å². The topological polar surface area (TPSA) is 71.0 Å². The van der Waals surface area contributed by atoms with Gasteiger partial charge in [0.05, 0.1) is 18.4 Å².